The molecule has 150 valence electrons. The summed E-state index contributed by atoms with van der Waals surface area (Å²) in [5.74, 6) is -0.727. The maximum absolute atomic E-state index is 13.8. The highest BCUT2D eigenvalue weighted by atomic mass is 19.1. The highest BCUT2D eigenvalue weighted by molar-refractivity contribution is 6.13. The summed E-state index contributed by atoms with van der Waals surface area (Å²) in [6.07, 6.45) is 4.38. The Morgan fingerprint density at radius 1 is 1.03 bits per heavy atom. The smallest absolute Gasteiger partial charge is 0.321 e. The van der Waals surface area contributed by atoms with Crippen molar-refractivity contribution in [3.8, 4) is 0 Å². The Hall–Kier alpha value is -3.22. The standard InChI is InChI=1S/C22H23FN4O2/c23-16-11-5-7-13-18(16)25-22(29)27-20-21(28)24-17-12-6-4-10-15(17)19(26-20)14-8-2-1-3-9-14/h4-7,10-14,20H,1-3,8-9H2,(H,24,28)(H2,25,27,29). The third-order valence-electron chi connectivity index (χ3n) is 5.36. The maximum Gasteiger partial charge on any atom is 0.321 e. The molecule has 1 fully saturated rings. The minimum atomic E-state index is -1.09. The van der Waals surface area contributed by atoms with Gasteiger partial charge in [0.25, 0.3) is 5.91 Å². The fourth-order valence-corrected chi connectivity index (χ4v) is 3.93. The quantitative estimate of drug-likeness (QED) is 0.726. The Morgan fingerprint density at radius 2 is 1.76 bits per heavy atom. The van der Waals surface area contributed by atoms with Crippen LogP contribution in [0.1, 0.15) is 37.7 Å². The first-order valence-corrected chi connectivity index (χ1v) is 9.92. The average molecular weight is 394 g/mol. The number of carbonyl (C=O) groups is 2. The van der Waals surface area contributed by atoms with Crippen LogP contribution in [0.3, 0.4) is 0 Å². The predicted molar refractivity (Wildman–Crippen MR) is 111 cm³/mol. The molecule has 29 heavy (non-hydrogen) atoms. The van der Waals surface area contributed by atoms with E-state index in [1.54, 1.807) is 6.07 Å². The van der Waals surface area contributed by atoms with E-state index in [1.165, 1.54) is 24.6 Å². The van der Waals surface area contributed by atoms with Crippen LogP contribution in [0.5, 0.6) is 0 Å². The van der Waals surface area contributed by atoms with E-state index in [0.29, 0.717) is 5.69 Å². The summed E-state index contributed by atoms with van der Waals surface area (Å²) in [7, 11) is 0. The number of anilines is 2. The second-order valence-corrected chi connectivity index (χ2v) is 7.36. The molecule has 3 N–H and O–H groups in total. The van der Waals surface area contributed by atoms with Crippen molar-refractivity contribution in [1.82, 2.24) is 5.32 Å². The van der Waals surface area contributed by atoms with E-state index in [1.807, 2.05) is 24.3 Å². The zero-order chi connectivity index (χ0) is 20.2. The van der Waals surface area contributed by atoms with Crippen LogP contribution in [0.2, 0.25) is 0 Å². The van der Waals surface area contributed by atoms with Crippen LogP contribution < -0.4 is 16.0 Å². The summed E-state index contributed by atoms with van der Waals surface area (Å²) in [4.78, 5) is 29.8. The molecule has 2 aromatic carbocycles. The van der Waals surface area contributed by atoms with E-state index in [4.69, 9.17) is 0 Å². The van der Waals surface area contributed by atoms with E-state index in [0.717, 1.165) is 37.0 Å². The third-order valence-corrected chi connectivity index (χ3v) is 5.36. The number of rotatable bonds is 3. The van der Waals surface area contributed by atoms with Gasteiger partial charge in [-0.3, -0.25) is 9.79 Å². The van der Waals surface area contributed by atoms with Gasteiger partial charge in [0, 0.05) is 17.2 Å². The number of halogens is 1. The Kier molecular flexibility index (Phi) is 5.55. The van der Waals surface area contributed by atoms with Crippen molar-refractivity contribution in [2.75, 3.05) is 10.6 Å². The number of hydrogen-bond donors (Lipinski definition) is 3. The number of benzodiazepines with no additional fused rings is 1. The Labute approximate surface area is 168 Å². The minimum Gasteiger partial charge on any atom is -0.322 e. The molecule has 0 saturated heterocycles. The molecule has 2 aromatic rings. The monoisotopic (exact) mass is 394 g/mol. The van der Waals surface area contributed by atoms with Gasteiger partial charge < -0.3 is 16.0 Å². The first-order valence-electron chi connectivity index (χ1n) is 9.92. The van der Waals surface area contributed by atoms with Gasteiger partial charge in [-0.05, 0) is 31.0 Å². The van der Waals surface area contributed by atoms with Gasteiger partial charge in [0.15, 0.2) is 0 Å². The molecule has 1 atom stereocenters. The number of aliphatic imine (C=N–C) groups is 1. The lowest BCUT2D eigenvalue weighted by Gasteiger charge is -2.24. The molecule has 4 rings (SSSR count). The van der Waals surface area contributed by atoms with Gasteiger partial charge in [0.1, 0.15) is 5.82 Å². The number of nitrogens with one attached hydrogen (secondary N) is 3. The molecule has 0 bridgehead atoms. The highest BCUT2D eigenvalue weighted by Crippen LogP contribution is 2.31. The molecule has 6 nitrogen and oxygen atoms in total. The van der Waals surface area contributed by atoms with Crippen LogP contribution in [0.25, 0.3) is 0 Å². The van der Waals surface area contributed by atoms with Crippen molar-refractivity contribution in [2.45, 2.75) is 38.3 Å². The Bertz CT molecular complexity index is 953. The predicted octanol–water partition coefficient (Wildman–Crippen LogP) is 4.30. The lowest BCUT2D eigenvalue weighted by atomic mass is 9.83. The number of amides is 3. The van der Waals surface area contributed by atoms with Crippen molar-refractivity contribution in [3.63, 3.8) is 0 Å². The fourth-order valence-electron chi connectivity index (χ4n) is 3.93. The van der Waals surface area contributed by atoms with Gasteiger partial charge in [0.2, 0.25) is 6.17 Å². The molecule has 0 spiro atoms. The second-order valence-electron chi connectivity index (χ2n) is 7.36. The summed E-state index contributed by atoms with van der Waals surface area (Å²) in [5.41, 5.74) is 2.47. The molecule has 1 heterocycles. The van der Waals surface area contributed by atoms with Crippen molar-refractivity contribution in [1.29, 1.82) is 0 Å². The Balaban J connectivity index is 1.60. The van der Waals surface area contributed by atoms with Crippen LogP contribution in [0.15, 0.2) is 53.5 Å². The topological polar surface area (TPSA) is 82.6 Å². The lowest BCUT2D eigenvalue weighted by Crippen LogP contribution is -2.44. The first kappa shape index (κ1) is 19.1. The fraction of sp³-hybridized carbons (Fsp3) is 0.318. The van der Waals surface area contributed by atoms with Crippen molar-refractivity contribution < 1.29 is 14.0 Å². The molecule has 1 saturated carbocycles. The van der Waals surface area contributed by atoms with Crippen molar-refractivity contribution >= 4 is 29.0 Å². The largest absolute Gasteiger partial charge is 0.322 e. The second kappa shape index (κ2) is 8.43. The average Bonchev–Trinajstić information content (AvgIpc) is 2.87. The lowest BCUT2D eigenvalue weighted by molar-refractivity contribution is -0.117. The Morgan fingerprint density at radius 3 is 2.55 bits per heavy atom. The number of benzene rings is 2. The maximum atomic E-state index is 13.8. The molecule has 7 heteroatoms. The highest BCUT2D eigenvalue weighted by Gasteiger charge is 2.30. The molecule has 2 aliphatic rings. The van der Waals surface area contributed by atoms with Gasteiger partial charge in [-0.1, -0.05) is 49.6 Å². The van der Waals surface area contributed by atoms with Gasteiger partial charge in [-0.25, -0.2) is 9.18 Å². The summed E-state index contributed by atoms with van der Waals surface area (Å²) in [5, 5.41) is 7.86. The van der Waals surface area contributed by atoms with E-state index < -0.39 is 23.9 Å². The van der Waals surface area contributed by atoms with Crippen molar-refractivity contribution in [3.05, 3.63) is 59.9 Å². The summed E-state index contributed by atoms with van der Waals surface area (Å²) in [6.45, 7) is 0. The van der Waals surface area contributed by atoms with Gasteiger partial charge in [-0.15, -0.1) is 0 Å². The van der Waals surface area contributed by atoms with Gasteiger partial charge in [0.05, 0.1) is 11.4 Å². The van der Waals surface area contributed by atoms with Crippen LogP contribution >= 0.6 is 0 Å². The minimum absolute atomic E-state index is 0.0406. The van der Waals surface area contributed by atoms with Gasteiger partial charge in [-0.2, -0.15) is 0 Å². The third kappa shape index (κ3) is 4.29. The molecule has 0 radical (unpaired) electrons. The summed E-state index contributed by atoms with van der Waals surface area (Å²) >= 11 is 0. The molecule has 1 aliphatic carbocycles. The number of para-hydroxylation sites is 2. The SMILES string of the molecule is O=C(Nc1ccccc1F)NC1N=C(C2CCCCC2)c2ccccc2NC1=O. The molecule has 1 aliphatic heterocycles. The first-order chi connectivity index (χ1) is 14.1. The number of hydrogen-bond acceptors (Lipinski definition) is 3. The molecule has 3 amide bonds. The van der Waals surface area contributed by atoms with Crippen LogP contribution in [0.4, 0.5) is 20.6 Å². The van der Waals surface area contributed by atoms with Gasteiger partial charge >= 0.3 is 6.03 Å². The normalized spacial score (nSPS) is 19.4. The zero-order valence-corrected chi connectivity index (χ0v) is 16.0. The van der Waals surface area contributed by atoms with Crippen molar-refractivity contribution in [2.24, 2.45) is 10.9 Å². The van der Waals surface area contributed by atoms with E-state index in [2.05, 4.69) is 20.9 Å². The van der Waals surface area contributed by atoms with E-state index in [9.17, 15) is 14.0 Å². The number of carbonyl (C=O) groups excluding carboxylic acids is 2. The zero-order valence-electron chi connectivity index (χ0n) is 16.0. The number of nitrogens with zero attached hydrogens (tertiary/aromatic N) is 1. The van der Waals surface area contributed by atoms with Crippen LogP contribution in [-0.4, -0.2) is 23.8 Å². The molecular formula is C22H23FN4O2. The van der Waals surface area contributed by atoms with Crippen LogP contribution in [0, 0.1) is 11.7 Å². The summed E-state index contributed by atoms with van der Waals surface area (Å²) in [6, 6.07) is 12.7. The number of urea groups is 1. The molecule has 0 aromatic heterocycles. The summed E-state index contributed by atoms with van der Waals surface area (Å²) < 4.78 is 13.8. The molecule has 1 unspecified atom stereocenters. The molecular weight excluding hydrogens is 371 g/mol. The van der Waals surface area contributed by atoms with E-state index >= 15 is 0 Å². The van der Waals surface area contributed by atoms with E-state index in [-0.39, 0.29) is 11.6 Å². The number of fused-ring (bicyclic) bond motifs is 1. The van der Waals surface area contributed by atoms with Crippen LogP contribution in [-0.2, 0) is 4.79 Å².